The van der Waals surface area contributed by atoms with Crippen molar-refractivity contribution in [3.63, 3.8) is 0 Å². The summed E-state index contributed by atoms with van der Waals surface area (Å²) in [4.78, 5) is 0. The fourth-order valence-electron chi connectivity index (χ4n) is 1.29. The molecule has 0 fully saturated rings. The molecule has 5 heteroatoms. The molecule has 0 aliphatic rings. The van der Waals surface area contributed by atoms with E-state index in [0.717, 1.165) is 12.2 Å². The minimum absolute atomic E-state index is 0.563. The molecule has 1 atom stereocenters. The Morgan fingerprint density at radius 1 is 1.43 bits per heavy atom. The van der Waals surface area contributed by atoms with Gasteiger partial charge in [0.2, 0.25) is 0 Å². The van der Waals surface area contributed by atoms with E-state index in [2.05, 4.69) is 15.3 Å². The van der Waals surface area contributed by atoms with Crippen LogP contribution in [0, 0.1) is 0 Å². The first-order valence-corrected chi connectivity index (χ1v) is 4.61. The molecule has 5 nitrogen and oxygen atoms in total. The molecular weight excluding hydrogens is 180 g/mol. The quantitative estimate of drug-likeness (QED) is 0.762. The number of hydrogen-bond acceptors (Lipinski definition) is 4. The predicted octanol–water partition coefficient (Wildman–Crippen LogP) is 0.740. The molecule has 0 aliphatic heterocycles. The van der Waals surface area contributed by atoms with Gasteiger partial charge in [0.25, 0.3) is 0 Å². The van der Waals surface area contributed by atoms with Crippen LogP contribution in [0.5, 0.6) is 0 Å². The normalized spacial score (nSPS) is 13.4. The minimum Gasteiger partial charge on any atom is -0.387 e. The lowest BCUT2D eigenvalue weighted by Gasteiger charge is -2.03. The number of hydrogen-bond donors (Lipinski definition) is 1. The van der Waals surface area contributed by atoms with E-state index < -0.39 is 6.10 Å². The summed E-state index contributed by atoms with van der Waals surface area (Å²) >= 11 is 0. The zero-order valence-corrected chi connectivity index (χ0v) is 8.18. The van der Waals surface area contributed by atoms with E-state index in [4.69, 9.17) is 0 Å². The highest BCUT2D eigenvalue weighted by molar-refractivity contribution is 5.36. The van der Waals surface area contributed by atoms with Crippen LogP contribution in [0.3, 0.4) is 0 Å². The third-order valence-corrected chi connectivity index (χ3v) is 2.09. The maximum absolute atomic E-state index is 9.37. The molecule has 74 valence electrons. The fraction of sp³-hybridized carbons (Fsp3) is 0.444. The third-order valence-electron chi connectivity index (χ3n) is 2.09. The van der Waals surface area contributed by atoms with E-state index in [-0.39, 0.29) is 0 Å². The van der Waals surface area contributed by atoms with Crippen LogP contribution >= 0.6 is 0 Å². The van der Waals surface area contributed by atoms with Crippen molar-refractivity contribution in [3.05, 3.63) is 23.7 Å². The smallest absolute Gasteiger partial charge is 0.177 e. The summed E-state index contributed by atoms with van der Waals surface area (Å²) in [6.07, 6.45) is 0.212. The molecule has 0 unspecified atom stereocenters. The monoisotopic (exact) mass is 192 g/mol. The summed E-state index contributed by atoms with van der Waals surface area (Å²) < 4.78 is 1.67. The Labute approximate surface area is 81.4 Å². The first-order valence-electron chi connectivity index (χ1n) is 4.61. The van der Waals surface area contributed by atoms with Gasteiger partial charge in [-0.05, 0) is 19.1 Å². The zero-order valence-electron chi connectivity index (χ0n) is 8.18. The van der Waals surface area contributed by atoms with Crippen molar-refractivity contribution in [2.24, 2.45) is 0 Å². The number of rotatable bonds is 2. The fourth-order valence-corrected chi connectivity index (χ4v) is 1.29. The minimum atomic E-state index is -0.563. The van der Waals surface area contributed by atoms with E-state index in [1.165, 1.54) is 0 Å². The lowest BCUT2D eigenvalue weighted by Crippen LogP contribution is -2.03. The first kappa shape index (κ1) is 9.08. The molecule has 2 rings (SSSR count). The van der Waals surface area contributed by atoms with E-state index >= 15 is 0 Å². The molecule has 0 saturated carbocycles. The maximum atomic E-state index is 9.37. The van der Waals surface area contributed by atoms with Crippen LogP contribution in [-0.4, -0.2) is 24.9 Å². The molecule has 0 aromatic carbocycles. The summed E-state index contributed by atoms with van der Waals surface area (Å²) in [6, 6.07) is 3.56. The molecule has 0 amide bonds. The van der Waals surface area contributed by atoms with Gasteiger partial charge in [0.15, 0.2) is 11.5 Å². The third kappa shape index (κ3) is 1.35. The van der Waals surface area contributed by atoms with E-state index in [1.807, 2.05) is 6.92 Å². The summed E-state index contributed by atoms with van der Waals surface area (Å²) in [7, 11) is 0. The second-order valence-corrected chi connectivity index (χ2v) is 3.17. The largest absolute Gasteiger partial charge is 0.387 e. The Hall–Kier alpha value is -1.49. The number of aryl methyl sites for hydroxylation is 1. The van der Waals surface area contributed by atoms with Crippen LogP contribution in [0.25, 0.3) is 5.65 Å². The highest BCUT2D eigenvalue weighted by Gasteiger charge is 2.07. The Balaban J connectivity index is 2.61. The van der Waals surface area contributed by atoms with Crippen LogP contribution in [0.15, 0.2) is 12.1 Å². The van der Waals surface area contributed by atoms with Crippen molar-refractivity contribution in [1.82, 2.24) is 19.8 Å². The first-order chi connectivity index (χ1) is 6.72. The van der Waals surface area contributed by atoms with Crippen LogP contribution < -0.4 is 0 Å². The topological polar surface area (TPSA) is 63.3 Å². The van der Waals surface area contributed by atoms with Crippen molar-refractivity contribution >= 4 is 5.65 Å². The van der Waals surface area contributed by atoms with Crippen LogP contribution in [0.2, 0.25) is 0 Å². The molecule has 2 aromatic heterocycles. The number of aromatic nitrogens is 4. The van der Waals surface area contributed by atoms with E-state index in [1.54, 1.807) is 23.6 Å². The van der Waals surface area contributed by atoms with E-state index in [0.29, 0.717) is 11.3 Å². The van der Waals surface area contributed by atoms with Crippen molar-refractivity contribution in [2.45, 2.75) is 26.4 Å². The second kappa shape index (κ2) is 3.34. The number of fused-ring (bicyclic) bond motifs is 1. The van der Waals surface area contributed by atoms with Gasteiger partial charge < -0.3 is 5.11 Å². The van der Waals surface area contributed by atoms with Gasteiger partial charge in [0.05, 0.1) is 11.8 Å². The predicted molar refractivity (Wildman–Crippen MR) is 50.8 cm³/mol. The van der Waals surface area contributed by atoms with Crippen molar-refractivity contribution in [2.75, 3.05) is 0 Å². The number of aliphatic hydroxyl groups excluding tert-OH is 1. The van der Waals surface area contributed by atoms with Gasteiger partial charge >= 0.3 is 0 Å². The van der Waals surface area contributed by atoms with Gasteiger partial charge in [-0.25, -0.2) is 0 Å². The lowest BCUT2D eigenvalue weighted by molar-refractivity contribution is 0.192. The molecule has 0 saturated heterocycles. The highest BCUT2D eigenvalue weighted by atomic mass is 16.3. The zero-order chi connectivity index (χ0) is 10.1. The molecular formula is C9H12N4O. The van der Waals surface area contributed by atoms with Gasteiger partial charge in [0, 0.05) is 6.42 Å². The standard InChI is InChI=1S/C9H12N4O/c1-3-8-10-11-9-5-4-7(6(2)14)12-13(8)9/h4-6,14H,3H2,1-2H3/t6-/m1/s1. The SMILES string of the molecule is CCc1nnc2ccc([C@@H](C)O)nn12. The Bertz CT molecular complexity index is 449. The molecule has 1 N–H and O–H groups in total. The molecule has 2 aromatic rings. The van der Waals surface area contributed by atoms with Gasteiger partial charge in [-0.2, -0.15) is 9.61 Å². The molecule has 0 spiro atoms. The van der Waals surface area contributed by atoms with Gasteiger partial charge in [-0.1, -0.05) is 6.92 Å². The van der Waals surface area contributed by atoms with E-state index in [9.17, 15) is 5.11 Å². The Kier molecular flexibility index (Phi) is 2.17. The maximum Gasteiger partial charge on any atom is 0.177 e. The summed E-state index contributed by atoms with van der Waals surface area (Å²) in [5.41, 5.74) is 1.35. The van der Waals surface area contributed by atoms with Crippen molar-refractivity contribution < 1.29 is 5.11 Å². The highest BCUT2D eigenvalue weighted by Crippen LogP contribution is 2.10. The summed E-state index contributed by atoms with van der Waals surface area (Å²) in [5.74, 6) is 0.808. The average molecular weight is 192 g/mol. The van der Waals surface area contributed by atoms with Crippen LogP contribution in [0.1, 0.15) is 31.5 Å². The lowest BCUT2D eigenvalue weighted by atomic mass is 10.3. The number of aliphatic hydroxyl groups is 1. The molecule has 0 aliphatic carbocycles. The Morgan fingerprint density at radius 2 is 2.21 bits per heavy atom. The second-order valence-electron chi connectivity index (χ2n) is 3.17. The molecule has 2 heterocycles. The van der Waals surface area contributed by atoms with Gasteiger partial charge in [-0.3, -0.25) is 0 Å². The number of nitrogens with zero attached hydrogens (tertiary/aromatic N) is 4. The molecule has 0 radical (unpaired) electrons. The van der Waals surface area contributed by atoms with Crippen molar-refractivity contribution in [3.8, 4) is 0 Å². The van der Waals surface area contributed by atoms with Gasteiger partial charge in [-0.15, -0.1) is 10.2 Å². The molecule has 14 heavy (non-hydrogen) atoms. The Morgan fingerprint density at radius 3 is 2.86 bits per heavy atom. The van der Waals surface area contributed by atoms with Crippen LogP contribution in [0.4, 0.5) is 0 Å². The molecule has 0 bridgehead atoms. The van der Waals surface area contributed by atoms with Crippen LogP contribution in [-0.2, 0) is 6.42 Å². The van der Waals surface area contributed by atoms with Crippen molar-refractivity contribution in [1.29, 1.82) is 0 Å². The summed E-state index contributed by atoms with van der Waals surface area (Å²) in [5, 5.41) is 21.6. The van der Waals surface area contributed by atoms with Gasteiger partial charge in [0.1, 0.15) is 0 Å². The summed E-state index contributed by atoms with van der Waals surface area (Å²) in [6.45, 7) is 3.68. The average Bonchev–Trinajstić information content (AvgIpc) is 2.59.